The second-order valence-corrected chi connectivity index (χ2v) is 16.9. The molecule has 0 spiro atoms. The van der Waals surface area contributed by atoms with Crippen molar-refractivity contribution in [2.24, 2.45) is 5.41 Å². The molecule has 240 valence electrons. The summed E-state index contributed by atoms with van der Waals surface area (Å²) in [4.78, 5) is 23.5. The van der Waals surface area contributed by atoms with E-state index in [-0.39, 0.29) is 31.0 Å². The minimum absolute atomic E-state index is 0.0130. The van der Waals surface area contributed by atoms with Gasteiger partial charge in [-0.3, -0.25) is 14.6 Å². The zero-order valence-corrected chi connectivity index (χ0v) is 27.9. The Morgan fingerprint density at radius 1 is 1.09 bits per heavy atom. The lowest BCUT2D eigenvalue weighted by atomic mass is 9.78. The Morgan fingerprint density at radius 3 is 2.39 bits per heavy atom. The molecule has 0 unspecified atom stereocenters. The Bertz CT molecular complexity index is 1720. The number of hydrogen-bond donors (Lipinski definition) is 2. The summed E-state index contributed by atoms with van der Waals surface area (Å²) in [5.74, 6) is -0.135. The van der Waals surface area contributed by atoms with Crippen molar-refractivity contribution in [2.75, 3.05) is 13.1 Å². The highest BCUT2D eigenvalue weighted by molar-refractivity contribution is 7.90. The smallest absolute Gasteiger partial charge is 0.252 e. The quantitative estimate of drug-likeness (QED) is 0.314. The molecule has 1 aliphatic rings. The first-order chi connectivity index (χ1) is 20.4. The molecule has 0 bridgehead atoms. The van der Waals surface area contributed by atoms with Gasteiger partial charge >= 0.3 is 0 Å². The molecule has 2 aromatic carbocycles. The number of para-hydroxylation sites is 1. The molecule has 1 amide bonds. The Kier molecular flexibility index (Phi) is 9.77. The van der Waals surface area contributed by atoms with Gasteiger partial charge < -0.3 is 4.74 Å². The standard InChI is InChI=1S/C31H42N4O7S2/c1-21(2)44(39,40)35-17-16-28(31(7,20-35)29(36)33-42-30(4,5)6)34-43(37,38)25-14-12-24(13-15-25)41-19-23-18-22(3)32-27-11-9-8-10-26(23)27/h8-15,18,21,28,34H,16-17,19-20H2,1-7H3,(H,33,36)/t28-,31+/m1/s1. The minimum atomic E-state index is -4.10. The molecule has 2 N–H and O–H groups in total. The van der Waals surface area contributed by atoms with Crippen molar-refractivity contribution in [3.05, 3.63) is 65.9 Å². The number of aryl methyl sites for hydroxylation is 1. The number of fused-ring (bicyclic) bond motifs is 1. The third-order valence-corrected chi connectivity index (χ3v) is 11.3. The van der Waals surface area contributed by atoms with Crippen LogP contribution in [0.5, 0.6) is 5.75 Å². The van der Waals surface area contributed by atoms with E-state index in [2.05, 4.69) is 15.2 Å². The van der Waals surface area contributed by atoms with Crippen LogP contribution in [0.25, 0.3) is 10.9 Å². The summed E-state index contributed by atoms with van der Waals surface area (Å²) in [5.41, 5.74) is 2.95. The Morgan fingerprint density at radius 2 is 1.75 bits per heavy atom. The van der Waals surface area contributed by atoms with Crippen LogP contribution in [0.3, 0.4) is 0 Å². The van der Waals surface area contributed by atoms with E-state index in [0.29, 0.717) is 5.75 Å². The number of piperidine rings is 1. The highest BCUT2D eigenvalue weighted by Crippen LogP contribution is 2.34. The van der Waals surface area contributed by atoms with E-state index in [9.17, 15) is 21.6 Å². The summed E-state index contributed by atoms with van der Waals surface area (Å²) in [6.07, 6.45) is 0.0884. The van der Waals surface area contributed by atoms with Gasteiger partial charge in [0.05, 0.1) is 26.7 Å². The van der Waals surface area contributed by atoms with E-state index < -0.39 is 48.3 Å². The Balaban J connectivity index is 1.52. The number of carbonyl (C=O) groups excluding carboxylic acids is 1. The van der Waals surface area contributed by atoms with Gasteiger partial charge in [-0.2, -0.15) is 0 Å². The first kappa shape index (κ1) is 33.8. The predicted molar refractivity (Wildman–Crippen MR) is 169 cm³/mol. The van der Waals surface area contributed by atoms with Crippen molar-refractivity contribution in [1.82, 2.24) is 19.5 Å². The third-order valence-electron chi connectivity index (χ3n) is 7.62. The van der Waals surface area contributed by atoms with E-state index in [1.54, 1.807) is 53.7 Å². The monoisotopic (exact) mass is 646 g/mol. The first-order valence-corrected chi connectivity index (χ1v) is 17.5. The van der Waals surface area contributed by atoms with Crippen molar-refractivity contribution < 1.29 is 31.2 Å². The average molecular weight is 647 g/mol. The summed E-state index contributed by atoms with van der Waals surface area (Å²) in [6.45, 7) is 12.0. The van der Waals surface area contributed by atoms with Gasteiger partial charge in [-0.1, -0.05) is 18.2 Å². The lowest BCUT2D eigenvalue weighted by molar-refractivity contribution is -0.158. The number of sulfonamides is 2. The van der Waals surface area contributed by atoms with Crippen LogP contribution >= 0.6 is 0 Å². The fraction of sp³-hybridized carbons (Fsp3) is 0.484. The Hall–Kier alpha value is -3.10. The normalized spacial score (nSPS) is 20.1. The van der Waals surface area contributed by atoms with Crippen molar-refractivity contribution in [3.63, 3.8) is 0 Å². The van der Waals surface area contributed by atoms with E-state index >= 15 is 0 Å². The largest absolute Gasteiger partial charge is 0.489 e. The van der Waals surface area contributed by atoms with E-state index in [4.69, 9.17) is 9.57 Å². The molecule has 0 radical (unpaired) electrons. The number of benzene rings is 2. The predicted octanol–water partition coefficient (Wildman–Crippen LogP) is 4.07. The lowest BCUT2D eigenvalue weighted by Crippen LogP contribution is -2.64. The number of nitrogens with zero attached hydrogens (tertiary/aromatic N) is 2. The van der Waals surface area contributed by atoms with Crippen LogP contribution in [0.1, 0.15) is 59.2 Å². The van der Waals surface area contributed by atoms with Crippen molar-refractivity contribution in [2.45, 2.75) is 83.3 Å². The maximum atomic E-state index is 13.5. The Labute approximate surface area is 260 Å². The molecule has 1 saturated heterocycles. The SMILES string of the molecule is Cc1cc(COc2ccc(S(=O)(=O)N[C@@H]3CCN(S(=O)(=O)C(C)C)C[C@]3(C)C(=O)NOC(C)(C)C)cc2)c2ccccc2n1. The maximum absolute atomic E-state index is 13.5. The van der Waals surface area contributed by atoms with Gasteiger partial charge in [-0.05, 0) is 91.3 Å². The molecule has 4 rings (SSSR count). The molecule has 3 aromatic rings. The van der Waals surface area contributed by atoms with Crippen LogP contribution in [0.2, 0.25) is 0 Å². The highest BCUT2D eigenvalue weighted by Gasteiger charge is 2.50. The van der Waals surface area contributed by atoms with Crippen LogP contribution in [0.4, 0.5) is 0 Å². The fourth-order valence-corrected chi connectivity index (χ4v) is 7.83. The van der Waals surface area contributed by atoms with Crippen LogP contribution in [-0.4, -0.2) is 62.0 Å². The van der Waals surface area contributed by atoms with E-state index in [1.807, 2.05) is 37.3 Å². The number of pyridine rings is 1. The van der Waals surface area contributed by atoms with Gasteiger partial charge in [0.1, 0.15) is 12.4 Å². The summed E-state index contributed by atoms with van der Waals surface area (Å²) < 4.78 is 63.0. The third kappa shape index (κ3) is 7.57. The number of nitrogens with one attached hydrogen (secondary N) is 2. The molecule has 0 aliphatic carbocycles. The molecule has 13 heteroatoms. The van der Waals surface area contributed by atoms with Crippen LogP contribution in [0, 0.1) is 12.3 Å². The first-order valence-electron chi connectivity index (χ1n) is 14.5. The van der Waals surface area contributed by atoms with Gasteiger partial charge in [0.25, 0.3) is 5.91 Å². The number of aromatic nitrogens is 1. The zero-order valence-electron chi connectivity index (χ0n) is 26.2. The topological polar surface area (TPSA) is 144 Å². The number of rotatable bonds is 10. The minimum Gasteiger partial charge on any atom is -0.489 e. The van der Waals surface area contributed by atoms with Gasteiger partial charge in [0, 0.05) is 35.8 Å². The van der Waals surface area contributed by atoms with Crippen LogP contribution in [-0.2, 0) is 36.3 Å². The number of ether oxygens (including phenoxy) is 1. The second kappa shape index (κ2) is 12.7. The number of carbonyl (C=O) groups is 1. The molecular weight excluding hydrogens is 604 g/mol. The van der Waals surface area contributed by atoms with Crippen molar-refractivity contribution >= 4 is 36.9 Å². The molecule has 1 fully saturated rings. The number of hydroxylamine groups is 1. The maximum Gasteiger partial charge on any atom is 0.252 e. The van der Waals surface area contributed by atoms with Gasteiger partial charge in [0.15, 0.2) is 0 Å². The molecule has 0 saturated carbocycles. The molecular formula is C31H42N4O7S2. The van der Waals surface area contributed by atoms with E-state index in [1.165, 1.54) is 16.4 Å². The van der Waals surface area contributed by atoms with Crippen molar-refractivity contribution in [1.29, 1.82) is 0 Å². The molecule has 1 aliphatic heterocycles. The van der Waals surface area contributed by atoms with E-state index in [0.717, 1.165) is 22.2 Å². The van der Waals surface area contributed by atoms with Crippen LogP contribution in [0.15, 0.2) is 59.5 Å². The number of amides is 1. The van der Waals surface area contributed by atoms with Gasteiger partial charge in [-0.25, -0.2) is 31.3 Å². The zero-order chi connectivity index (χ0) is 32.5. The summed E-state index contributed by atoms with van der Waals surface area (Å²) in [5, 5.41) is 0.282. The summed E-state index contributed by atoms with van der Waals surface area (Å²) >= 11 is 0. The van der Waals surface area contributed by atoms with Gasteiger partial charge in [0.2, 0.25) is 20.0 Å². The fourth-order valence-electron chi connectivity index (χ4n) is 5.04. The molecule has 11 nitrogen and oxygen atoms in total. The molecule has 2 atom stereocenters. The highest BCUT2D eigenvalue weighted by atomic mass is 32.2. The van der Waals surface area contributed by atoms with Gasteiger partial charge in [-0.15, -0.1) is 0 Å². The van der Waals surface area contributed by atoms with Crippen LogP contribution < -0.4 is 14.9 Å². The number of hydrogen-bond acceptors (Lipinski definition) is 8. The summed E-state index contributed by atoms with van der Waals surface area (Å²) in [7, 11) is -7.79. The lowest BCUT2D eigenvalue weighted by Gasteiger charge is -2.44. The molecule has 2 heterocycles. The second-order valence-electron chi connectivity index (χ2n) is 12.7. The average Bonchev–Trinajstić information content (AvgIpc) is 2.95. The molecule has 44 heavy (non-hydrogen) atoms. The summed E-state index contributed by atoms with van der Waals surface area (Å²) in [6, 6.07) is 14.9. The molecule has 1 aromatic heterocycles. The van der Waals surface area contributed by atoms with Crippen molar-refractivity contribution in [3.8, 4) is 5.75 Å².